The number of methoxy groups -OCH3 is 3. The maximum absolute atomic E-state index is 12.6. The summed E-state index contributed by atoms with van der Waals surface area (Å²) < 4.78 is 18.0. The molecule has 0 fully saturated rings. The smallest absolute Gasteiger partial charge is 0.250 e. The highest BCUT2D eigenvalue weighted by molar-refractivity contribution is 7.99. The van der Waals surface area contributed by atoms with Crippen LogP contribution >= 0.6 is 23.4 Å². The summed E-state index contributed by atoms with van der Waals surface area (Å²) in [4.78, 5) is 12.6. The Hall–Kier alpha value is -4.02. The number of hydrogen-bond acceptors (Lipinski definition) is 8. The second-order valence-electron chi connectivity index (χ2n) is 7.99. The number of thioether (sulfide) groups is 1. The van der Waals surface area contributed by atoms with Crippen LogP contribution in [0.2, 0.25) is 5.02 Å². The van der Waals surface area contributed by atoms with E-state index in [1.54, 1.807) is 31.4 Å². The molecular formula is C27H26ClN5O4S. The molecule has 9 nitrogen and oxygen atoms in total. The molecule has 0 saturated heterocycles. The van der Waals surface area contributed by atoms with E-state index in [9.17, 15) is 4.79 Å². The Morgan fingerprint density at radius 2 is 1.68 bits per heavy atom. The molecule has 0 bridgehead atoms. The molecule has 0 radical (unpaired) electrons. The zero-order chi connectivity index (χ0) is 27.1. The fraction of sp³-hybridized carbons (Fsp3) is 0.185. The molecule has 0 saturated carbocycles. The number of hydrazone groups is 1. The molecule has 4 aromatic rings. The van der Waals surface area contributed by atoms with E-state index in [-0.39, 0.29) is 11.7 Å². The Labute approximate surface area is 229 Å². The van der Waals surface area contributed by atoms with Gasteiger partial charge >= 0.3 is 0 Å². The lowest BCUT2D eigenvalue weighted by atomic mass is 10.1. The van der Waals surface area contributed by atoms with Gasteiger partial charge in [0.05, 0.1) is 33.3 Å². The van der Waals surface area contributed by atoms with Gasteiger partial charge < -0.3 is 14.2 Å². The van der Waals surface area contributed by atoms with Gasteiger partial charge in [-0.05, 0) is 43.3 Å². The van der Waals surface area contributed by atoms with Crippen molar-refractivity contribution in [1.29, 1.82) is 0 Å². The van der Waals surface area contributed by atoms with E-state index in [1.165, 1.54) is 32.2 Å². The van der Waals surface area contributed by atoms with Crippen LogP contribution in [0.15, 0.2) is 70.9 Å². The summed E-state index contributed by atoms with van der Waals surface area (Å²) in [6, 6.07) is 18.9. The van der Waals surface area contributed by atoms with Gasteiger partial charge in [0.25, 0.3) is 5.91 Å². The number of aromatic nitrogens is 3. The topological polar surface area (TPSA) is 99.9 Å². The average Bonchev–Trinajstić information content (AvgIpc) is 3.36. The molecule has 0 unspecified atom stereocenters. The van der Waals surface area contributed by atoms with E-state index in [0.29, 0.717) is 38.8 Å². The number of ether oxygens (including phenoxy) is 3. The van der Waals surface area contributed by atoms with E-state index < -0.39 is 0 Å². The summed E-state index contributed by atoms with van der Waals surface area (Å²) in [6.45, 7) is 2.03. The Kier molecular flexibility index (Phi) is 8.88. The average molecular weight is 552 g/mol. The molecule has 0 aliphatic rings. The fourth-order valence-electron chi connectivity index (χ4n) is 3.64. The molecule has 0 aliphatic carbocycles. The van der Waals surface area contributed by atoms with Crippen molar-refractivity contribution in [2.75, 3.05) is 27.1 Å². The van der Waals surface area contributed by atoms with Crippen LogP contribution in [0.4, 0.5) is 0 Å². The number of halogens is 1. The maximum atomic E-state index is 12.6. The number of hydrogen-bond donors (Lipinski definition) is 1. The largest absolute Gasteiger partial charge is 0.493 e. The SMILES string of the molecule is COc1ccc(C=NNC(=O)CSc2nnc(-c3ccc(C)cc3)n2-c2ccc(Cl)cc2)c(OC)c1OC. The van der Waals surface area contributed by atoms with E-state index in [2.05, 4.69) is 20.7 Å². The molecule has 38 heavy (non-hydrogen) atoms. The number of nitrogens with one attached hydrogen (secondary N) is 1. The zero-order valence-electron chi connectivity index (χ0n) is 21.3. The summed E-state index contributed by atoms with van der Waals surface area (Å²) in [5, 5.41) is 14.0. The van der Waals surface area contributed by atoms with Gasteiger partial charge in [0.2, 0.25) is 5.75 Å². The third kappa shape index (κ3) is 6.09. The van der Waals surface area contributed by atoms with E-state index in [0.717, 1.165) is 16.8 Å². The number of carbonyl (C=O) groups excluding carboxylic acids is 1. The Morgan fingerprint density at radius 1 is 0.974 bits per heavy atom. The number of carbonyl (C=O) groups is 1. The zero-order valence-corrected chi connectivity index (χ0v) is 22.8. The van der Waals surface area contributed by atoms with Crippen molar-refractivity contribution >= 4 is 35.5 Å². The van der Waals surface area contributed by atoms with Gasteiger partial charge in [-0.1, -0.05) is 53.2 Å². The van der Waals surface area contributed by atoms with Crippen LogP contribution in [-0.4, -0.2) is 54.0 Å². The molecule has 1 amide bonds. The monoisotopic (exact) mass is 551 g/mol. The first-order valence-electron chi connectivity index (χ1n) is 11.5. The quantitative estimate of drug-likeness (QED) is 0.165. The minimum Gasteiger partial charge on any atom is -0.493 e. The van der Waals surface area contributed by atoms with Crippen LogP contribution in [0.3, 0.4) is 0 Å². The van der Waals surface area contributed by atoms with Crippen molar-refractivity contribution in [3.05, 3.63) is 76.8 Å². The van der Waals surface area contributed by atoms with Gasteiger partial charge in [-0.25, -0.2) is 5.43 Å². The van der Waals surface area contributed by atoms with Gasteiger partial charge in [-0.2, -0.15) is 5.10 Å². The van der Waals surface area contributed by atoms with E-state index in [4.69, 9.17) is 25.8 Å². The molecule has 196 valence electrons. The highest BCUT2D eigenvalue weighted by Crippen LogP contribution is 2.39. The second kappa shape index (κ2) is 12.5. The molecule has 3 aromatic carbocycles. The summed E-state index contributed by atoms with van der Waals surface area (Å²) in [5.74, 6) is 1.82. The number of amides is 1. The number of nitrogens with zero attached hydrogens (tertiary/aromatic N) is 4. The predicted molar refractivity (Wildman–Crippen MR) is 149 cm³/mol. The molecule has 0 spiro atoms. The van der Waals surface area contributed by atoms with Gasteiger partial charge in [0.15, 0.2) is 22.5 Å². The second-order valence-corrected chi connectivity index (χ2v) is 9.37. The standard InChI is InChI=1S/C27H26ClN5O4S/c1-17-5-7-18(8-6-17)26-31-32-27(33(26)21-12-10-20(28)11-13-21)38-16-23(34)30-29-15-19-9-14-22(35-2)25(37-4)24(19)36-3/h5-15H,16H2,1-4H3,(H,30,34). The predicted octanol–water partition coefficient (Wildman–Crippen LogP) is 5.16. The fourth-order valence-corrected chi connectivity index (χ4v) is 4.51. The van der Waals surface area contributed by atoms with Crippen molar-refractivity contribution in [2.24, 2.45) is 5.10 Å². The van der Waals surface area contributed by atoms with Crippen molar-refractivity contribution in [1.82, 2.24) is 20.2 Å². The van der Waals surface area contributed by atoms with Gasteiger partial charge in [0, 0.05) is 21.8 Å². The Bertz CT molecular complexity index is 1440. The number of aryl methyl sites for hydroxylation is 1. The lowest BCUT2D eigenvalue weighted by Crippen LogP contribution is -2.20. The first kappa shape index (κ1) is 27.0. The molecule has 1 aromatic heterocycles. The van der Waals surface area contributed by atoms with Gasteiger partial charge in [0.1, 0.15) is 0 Å². The third-order valence-electron chi connectivity index (χ3n) is 5.49. The molecule has 11 heteroatoms. The van der Waals surface area contributed by atoms with Crippen LogP contribution < -0.4 is 19.6 Å². The van der Waals surface area contributed by atoms with E-state index >= 15 is 0 Å². The number of benzene rings is 3. The third-order valence-corrected chi connectivity index (χ3v) is 6.67. The van der Waals surface area contributed by atoms with Gasteiger partial charge in [-0.3, -0.25) is 9.36 Å². The highest BCUT2D eigenvalue weighted by atomic mass is 35.5. The summed E-state index contributed by atoms with van der Waals surface area (Å²) in [7, 11) is 4.58. The van der Waals surface area contributed by atoms with Crippen LogP contribution in [-0.2, 0) is 4.79 Å². The minimum atomic E-state index is -0.312. The van der Waals surface area contributed by atoms with Crippen LogP contribution in [0.25, 0.3) is 17.1 Å². The van der Waals surface area contributed by atoms with Crippen molar-refractivity contribution < 1.29 is 19.0 Å². The minimum absolute atomic E-state index is 0.0695. The lowest BCUT2D eigenvalue weighted by molar-refractivity contribution is -0.118. The molecule has 1 heterocycles. The summed E-state index contributed by atoms with van der Waals surface area (Å²) >= 11 is 7.35. The lowest BCUT2D eigenvalue weighted by Gasteiger charge is -2.13. The van der Waals surface area contributed by atoms with Crippen LogP contribution in [0.5, 0.6) is 17.2 Å². The Morgan fingerprint density at radius 3 is 2.34 bits per heavy atom. The van der Waals surface area contributed by atoms with Gasteiger partial charge in [-0.15, -0.1) is 10.2 Å². The summed E-state index contributed by atoms with van der Waals surface area (Å²) in [6.07, 6.45) is 1.48. The molecule has 0 atom stereocenters. The van der Waals surface area contributed by atoms with Crippen molar-refractivity contribution in [3.63, 3.8) is 0 Å². The number of rotatable bonds is 10. The first-order chi connectivity index (χ1) is 18.4. The molecule has 0 aliphatic heterocycles. The maximum Gasteiger partial charge on any atom is 0.250 e. The molecule has 1 N–H and O–H groups in total. The molecule has 4 rings (SSSR count). The molecular weight excluding hydrogens is 526 g/mol. The summed E-state index contributed by atoms with van der Waals surface area (Å²) in [5.41, 5.74) is 6.03. The normalized spacial score (nSPS) is 11.0. The highest BCUT2D eigenvalue weighted by Gasteiger charge is 2.18. The van der Waals surface area contributed by atoms with Crippen molar-refractivity contribution in [3.8, 4) is 34.3 Å². The first-order valence-corrected chi connectivity index (χ1v) is 12.8. The van der Waals surface area contributed by atoms with Crippen molar-refractivity contribution in [2.45, 2.75) is 12.1 Å². The van der Waals surface area contributed by atoms with E-state index in [1.807, 2.05) is 47.9 Å². The Balaban J connectivity index is 1.50. The van der Waals surface area contributed by atoms with Crippen LogP contribution in [0.1, 0.15) is 11.1 Å². The van der Waals surface area contributed by atoms with Crippen LogP contribution in [0, 0.1) is 6.92 Å².